The number of rotatable bonds is 3. The topological polar surface area (TPSA) is 55.0 Å². The van der Waals surface area contributed by atoms with Crippen molar-refractivity contribution in [1.29, 1.82) is 0 Å². The predicted octanol–water partition coefficient (Wildman–Crippen LogP) is 2.01. The van der Waals surface area contributed by atoms with E-state index in [9.17, 15) is 0 Å². The fourth-order valence-corrected chi connectivity index (χ4v) is 1.62. The van der Waals surface area contributed by atoms with Crippen LogP contribution in [0.2, 0.25) is 0 Å². The van der Waals surface area contributed by atoms with Gasteiger partial charge in [-0.2, -0.15) is 0 Å². The van der Waals surface area contributed by atoms with Crippen molar-refractivity contribution in [3.63, 3.8) is 0 Å². The van der Waals surface area contributed by atoms with Gasteiger partial charge in [0, 0.05) is 25.5 Å². The first kappa shape index (κ1) is 11.5. The molecule has 0 saturated heterocycles. The number of benzene rings is 1. The van der Waals surface area contributed by atoms with Crippen molar-refractivity contribution in [3.05, 3.63) is 47.9 Å². The smallest absolute Gasteiger partial charge is 0.136 e. The third-order valence-electron chi connectivity index (χ3n) is 2.66. The van der Waals surface area contributed by atoms with E-state index in [2.05, 4.69) is 9.97 Å². The lowest BCUT2D eigenvalue weighted by Crippen LogP contribution is -2.12. The molecule has 2 N–H and O–H groups in total. The summed E-state index contributed by atoms with van der Waals surface area (Å²) in [6.07, 6.45) is 1.77. The second-order valence-electron chi connectivity index (χ2n) is 3.89. The molecule has 2 rings (SSSR count). The molecule has 1 aromatic carbocycles. The molecule has 88 valence electrons. The van der Waals surface area contributed by atoms with E-state index < -0.39 is 0 Å². The second-order valence-corrected chi connectivity index (χ2v) is 3.89. The summed E-state index contributed by atoms with van der Waals surface area (Å²) in [6.45, 7) is 2.45. The van der Waals surface area contributed by atoms with Gasteiger partial charge >= 0.3 is 0 Å². The molecular weight excluding hydrogens is 212 g/mol. The van der Waals surface area contributed by atoms with Crippen molar-refractivity contribution in [2.45, 2.75) is 13.5 Å². The highest BCUT2D eigenvalue weighted by atomic mass is 15.2. The van der Waals surface area contributed by atoms with E-state index >= 15 is 0 Å². The second kappa shape index (κ2) is 4.93. The van der Waals surface area contributed by atoms with E-state index in [1.807, 2.05) is 49.2 Å². The maximum Gasteiger partial charge on any atom is 0.136 e. The summed E-state index contributed by atoms with van der Waals surface area (Å²) >= 11 is 0. The molecule has 0 fully saturated rings. The summed E-state index contributed by atoms with van der Waals surface area (Å²) in [5, 5.41) is 0. The molecule has 0 saturated carbocycles. The Bertz CT molecular complexity index is 493. The Morgan fingerprint density at radius 3 is 2.47 bits per heavy atom. The first-order valence-electron chi connectivity index (χ1n) is 5.53. The monoisotopic (exact) mass is 228 g/mol. The van der Waals surface area contributed by atoms with Gasteiger partial charge in [-0.1, -0.05) is 12.1 Å². The zero-order valence-corrected chi connectivity index (χ0v) is 10.1. The fraction of sp³-hybridized carbons (Fsp3) is 0.231. The standard InChI is InChI=1S/C13H16N4/c1-10-15-8-7-13(16-10)17(2)12-5-3-11(9-14)4-6-12/h3-8H,9,14H2,1-2H3. The Hall–Kier alpha value is -1.94. The Kier molecular flexibility index (Phi) is 3.35. The van der Waals surface area contributed by atoms with E-state index in [0.29, 0.717) is 6.54 Å². The first-order valence-corrected chi connectivity index (χ1v) is 5.53. The summed E-state index contributed by atoms with van der Waals surface area (Å²) in [6, 6.07) is 10.0. The summed E-state index contributed by atoms with van der Waals surface area (Å²) < 4.78 is 0. The molecule has 0 spiro atoms. The Morgan fingerprint density at radius 2 is 1.88 bits per heavy atom. The normalized spacial score (nSPS) is 10.3. The number of aromatic nitrogens is 2. The largest absolute Gasteiger partial charge is 0.329 e. The molecule has 0 amide bonds. The van der Waals surface area contributed by atoms with Gasteiger partial charge < -0.3 is 10.6 Å². The lowest BCUT2D eigenvalue weighted by Gasteiger charge is -2.18. The van der Waals surface area contributed by atoms with E-state index in [1.54, 1.807) is 6.20 Å². The maximum absolute atomic E-state index is 5.57. The predicted molar refractivity (Wildman–Crippen MR) is 69.2 cm³/mol. The van der Waals surface area contributed by atoms with Crippen molar-refractivity contribution in [2.75, 3.05) is 11.9 Å². The molecule has 4 heteroatoms. The summed E-state index contributed by atoms with van der Waals surface area (Å²) in [5.41, 5.74) is 7.78. The van der Waals surface area contributed by atoms with Crippen LogP contribution in [0.25, 0.3) is 0 Å². The number of hydrogen-bond acceptors (Lipinski definition) is 4. The first-order chi connectivity index (χ1) is 8.20. The number of anilines is 2. The van der Waals surface area contributed by atoms with Crippen molar-refractivity contribution in [3.8, 4) is 0 Å². The minimum Gasteiger partial charge on any atom is -0.329 e. The van der Waals surface area contributed by atoms with E-state index in [1.165, 1.54) is 0 Å². The van der Waals surface area contributed by atoms with Gasteiger partial charge in [-0.25, -0.2) is 9.97 Å². The highest BCUT2D eigenvalue weighted by Crippen LogP contribution is 2.21. The Morgan fingerprint density at radius 1 is 1.18 bits per heavy atom. The summed E-state index contributed by atoms with van der Waals surface area (Å²) in [5.74, 6) is 1.66. The molecule has 0 aliphatic rings. The molecular formula is C13H16N4. The number of nitrogens with two attached hydrogens (primary N) is 1. The van der Waals surface area contributed by atoms with E-state index in [4.69, 9.17) is 5.73 Å². The van der Waals surface area contributed by atoms with Crippen LogP contribution in [0.1, 0.15) is 11.4 Å². The van der Waals surface area contributed by atoms with Crippen LogP contribution in [-0.2, 0) is 6.54 Å². The molecule has 17 heavy (non-hydrogen) atoms. The minimum absolute atomic E-state index is 0.566. The molecule has 2 aromatic rings. The number of nitrogens with zero attached hydrogens (tertiary/aromatic N) is 3. The van der Waals surface area contributed by atoms with Crippen LogP contribution in [-0.4, -0.2) is 17.0 Å². The molecule has 0 aliphatic carbocycles. The summed E-state index contributed by atoms with van der Waals surface area (Å²) in [4.78, 5) is 10.5. The van der Waals surface area contributed by atoms with Crippen molar-refractivity contribution in [1.82, 2.24) is 9.97 Å². The lowest BCUT2D eigenvalue weighted by molar-refractivity contribution is 1.01. The minimum atomic E-state index is 0.566. The average Bonchev–Trinajstić information content (AvgIpc) is 2.38. The number of aryl methyl sites for hydroxylation is 1. The molecule has 0 unspecified atom stereocenters. The zero-order chi connectivity index (χ0) is 12.3. The van der Waals surface area contributed by atoms with E-state index in [0.717, 1.165) is 22.9 Å². The quantitative estimate of drug-likeness (QED) is 0.873. The lowest BCUT2D eigenvalue weighted by atomic mass is 10.2. The third kappa shape index (κ3) is 2.60. The Balaban J connectivity index is 2.27. The average molecular weight is 228 g/mol. The molecule has 1 aromatic heterocycles. The van der Waals surface area contributed by atoms with E-state index in [-0.39, 0.29) is 0 Å². The van der Waals surface area contributed by atoms with Crippen LogP contribution in [0.15, 0.2) is 36.5 Å². The van der Waals surface area contributed by atoms with Gasteiger partial charge in [0.2, 0.25) is 0 Å². The molecule has 0 aliphatic heterocycles. The van der Waals surface area contributed by atoms with Crippen LogP contribution in [0.5, 0.6) is 0 Å². The van der Waals surface area contributed by atoms with Crippen LogP contribution in [0.4, 0.5) is 11.5 Å². The van der Waals surface area contributed by atoms with Gasteiger partial charge in [-0.05, 0) is 30.7 Å². The molecule has 4 nitrogen and oxygen atoms in total. The third-order valence-corrected chi connectivity index (χ3v) is 2.66. The SMILES string of the molecule is Cc1nccc(N(C)c2ccc(CN)cc2)n1. The van der Waals surface area contributed by atoms with Crippen LogP contribution >= 0.6 is 0 Å². The zero-order valence-electron chi connectivity index (χ0n) is 10.1. The Labute approximate surface area is 101 Å². The number of hydrogen-bond donors (Lipinski definition) is 1. The highest BCUT2D eigenvalue weighted by molar-refractivity contribution is 5.59. The van der Waals surface area contributed by atoms with Gasteiger partial charge in [-0.3, -0.25) is 0 Å². The van der Waals surface area contributed by atoms with Gasteiger partial charge in [0.05, 0.1) is 0 Å². The molecule has 0 radical (unpaired) electrons. The molecule has 0 bridgehead atoms. The van der Waals surface area contributed by atoms with Crippen LogP contribution < -0.4 is 10.6 Å². The van der Waals surface area contributed by atoms with Crippen LogP contribution in [0, 0.1) is 6.92 Å². The summed E-state index contributed by atoms with van der Waals surface area (Å²) in [7, 11) is 1.99. The molecule has 1 heterocycles. The maximum atomic E-state index is 5.57. The van der Waals surface area contributed by atoms with Gasteiger partial charge in [0.15, 0.2) is 0 Å². The molecule has 0 atom stereocenters. The van der Waals surface area contributed by atoms with Crippen molar-refractivity contribution < 1.29 is 0 Å². The van der Waals surface area contributed by atoms with Crippen molar-refractivity contribution >= 4 is 11.5 Å². The van der Waals surface area contributed by atoms with Gasteiger partial charge in [0.1, 0.15) is 11.6 Å². The van der Waals surface area contributed by atoms with Gasteiger partial charge in [0.25, 0.3) is 0 Å². The highest BCUT2D eigenvalue weighted by Gasteiger charge is 2.05. The van der Waals surface area contributed by atoms with Gasteiger partial charge in [-0.15, -0.1) is 0 Å². The van der Waals surface area contributed by atoms with Crippen molar-refractivity contribution in [2.24, 2.45) is 5.73 Å². The van der Waals surface area contributed by atoms with Crippen LogP contribution in [0.3, 0.4) is 0 Å². The fourth-order valence-electron chi connectivity index (χ4n) is 1.62.